The first kappa shape index (κ1) is 8.68. The second-order valence-electron chi connectivity index (χ2n) is 2.50. The molecular formula is C8H12FNS. The Bertz CT molecular complexity index is 186. The van der Waals surface area contributed by atoms with Gasteiger partial charge in [-0.25, -0.2) is 4.39 Å². The Kier molecular flexibility index (Phi) is 3.52. The largest absolute Gasteiger partial charge is 0.328 e. The van der Waals surface area contributed by atoms with E-state index < -0.39 is 6.17 Å². The van der Waals surface area contributed by atoms with Gasteiger partial charge < -0.3 is 5.73 Å². The third-order valence-electron chi connectivity index (χ3n) is 1.58. The van der Waals surface area contributed by atoms with Crippen LogP contribution in [0, 0.1) is 0 Å². The number of thiophene rings is 1. The summed E-state index contributed by atoms with van der Waals surface area (Å²) in [6.45, 7) is 0.143. The molecule has 1 nitrogen and oxygen atoms in total. The summed E-state index contributed by atoms with van der Waals surface area (Å²) >= 11 is 1.65. The van der Waals surface area contributed by atoms with E-state index in [-0.39, 0.29) is 6.54 Å². The molecule has 1 aromatic heterocycles. The minimum atomic E-state index is -0.838. The summed E-state index contributed by atoms with van der Waals surface area (Å²) in [5.74, 6) is 0. The predicted molar refractivity (Wildman–Crippen MR) is 46.6 cm³/mol. The summed E-state index contributed by atoms with van der Waals surface area (Å²) in [5.41, 5.74) is 6.35. The fourth-order valence-corrected chi connectivity index (χ4v) is 1.58. The molecular weight excluding hydrogens is 161 g/mol. The van der Waals surface area contributed by atoms with Crippen molar-refractivity contribution in [1.29, 1.82) is 0 Å². The second-order valence-corrected chi connectivity index (χ2v) is 3.28. The van der Waals surface area contributed by atoms with E-state index in [1.54, 1.807) is 11.3 Å². The molecule has 1 unspecified atom stereocenters. The van der Waals surface area contributed by atoms with Crippen LogP contribution in [0.2, 0.25) is 0 Å². The van der Waals surface area contributed by atoms with Crippen LogP contribution in [0.1, 0.15) is 12.0 Å². The molecule has 0 aromatic carbocycles. The highest BCUT2D eigenvalue weighted by Gasteiger charge is 2.03. The van der Waals surface area contributed by atoms with Gasteiger partial charge in [-0.15, -0.1) is 0 Å². The molecule has 0 fully saturated rings. The van der Waals surface area contributed by atoms with Crippen molar-refractivity contribution in [3.63, 3.8) is 0 Å². The number of hydrogen-bond acceptors (Lipinski definition) is 2. The Balaban J connectivity index is 2.23. The van der Waals surface area contributed by atoms with Gasteiger partial charge in [0.25, 0.3) is 0 Å². The van der Waals surface area contributed by atoms with Crippen molar-refractivity contribution in [2.24, 2.45) is 5.73 Å². The summed E-state index contributed by atoms with van der Waals surface area (Å²) in [6.07, 6.45) is 0.518. The van der Waals surface area contributed by atoms with Crippen LogP contribution in [0.3, 0.4) is 0 Å². The molecule has 0 amide bonds. The van der Waals surface area contributed by atoms with Crippen LogP contribution in [-0.2, 0) is 6.42 Å². The van der Waals surface area contributed by atoms with Crippen molar-refractivity contribution >= 4 is 11.3 Å². The Hall–Kier alpha value is -0.410. The topological polar surface area (TPSA) is 26.0 Å². The zero-order chi connectivity index (χ0) is 8.10. The SMILES string of the molecule is NCC(F)CCc1ccsc1. The molecule has 1 rings (SSSR count). The number of nitrogens with two attached hydrogens (primary N) is 1. The van der Waals surface area contributed by atoms with Crippen molar-refractivity contribution in [2.75, 3.05) is 6.54 Å². The molecule has 2 N–H and O–H groups in total. The van der Waals surface area contributed by atoms with Gasteiger partial charge in [-0.2, -0.15) is 11.3 Å². The van der Waals surface area contributed by atoms with E-state index in [0.29, 0.717) is 6.42 Å². The highest BCUT2D eigenvalue weighted by atomic mass is 32.1. The van der Waals surface area contributed by atoms with Crippen LogP contribution in [0.5, 0.6) is 0 Å². The Morgan fingerprint density at radius 2 is 2.45 bits per heavy atom. The number of alkyl halides is 1. The Labute approximate surface area is 70.0 Å². The lowest BCUT2D eigenvalue weighted by Gasteiger charge is -2.02. The van der Waals surface area contributed by atoms with E-state index >= 15 is 0 Å². The minimum Gasteiger partial charge on any atom is -0.328 e. The lowest BCUT2D eigenvalue weighted by Crippen LogP contribution is -2.15. The van der Waals surface area contributed by atoms with Crippen molar-refractivity contribution < 1.29 is 4.39 Å². The molecule has 62 valence electrons. The molecule has 0 aliphatic rings. The van der Waals surface area contributed by atoms with E-state index in [9.17, 15) is 4.39 Å². The van der Waals surface area contributed by atoms with Gasteiger partial charge >= 0.3 is 0 Å². The molecule has 0 saturated heterocycles. The van der Waals surface area contributed by atoms with Gasteiger partial charge in [0.15, 0.2) is 0 Å². The summed E-state index contributed by atoms with van der Waals surface area (Å²) in [5, 5.41) is 4.05. The Morgan fingerprint density at radius 1 is 1.64 bits per heavy atom. The molecule has 0 saturated carbocycles. The van der Waals surface area contributed by atoms with Gasteiger partial charge in [0, 0.05) is 6.54 Å². The maximum atomic E-state index is 12.6. The molecule has 0 aliphatic heterocycles. The zero-order valence-corrected chi connectivity index (χ0v) is 7.11. The first-order valence-corrected chi connectivity index (χ1v) is 4.62. The number of hydrogen-bond donors (Lipinski definition) is 1. The van der Waals surface area contributed by atoms with Crippen LogP contribution < -0.4 is 5.73 Å². The lowest BCUT2D eigenvalue weighted by atomic mass is 10.1. The number of halogens is 1. The first-order chi connectivity index (χ1) is 5.33. The third kappa shape index (κ3) is 2.99. The predicted octanol–water partition coefficient (Wildman–Crippen LogP) is 1.98. The molecule has 1 heterocycles. The highest BCUT2D eigenvalue weighted by molar-refractivity contribution is 7.07. The minimum absolute atomic E-state index is 0.143. The maximum Gasteiger partial charge on any atom is 0.113 e. The van der Waals surface area contributed by atoms with Gasteiger partial charge in [-0.1, -0.05) is 0 Å². The number of aryl methyl sites for hydroxylation is 1. The van der Waals surface area contributed by atoms with Gasteiger partial charge in [0.2, 0.25) is 0 Å². The average Bonchev–Trinajstić information content (AvgIpc) is 2.52. The molecule has 0 bridgehead atoms. The molecule has 1 atom stereocenters. The van der Waals surface area contributed by atoms with E-state index in [2.05, 4.69) is 0 Å². The van der Waals surface area contributed by atoms with Crippen LogP contribution in [0.15, 0.2) is 16.8 Å². The van der Waals surface area contributed by atoms with Crippen molar-refractivity contribution in [3.8, 4) is 0 Å². The van der Waals surface area contributed by atoms with E-state index in [1.165, 1.54) is 5.56 Å². The highest BCUT2D eigenvalue weighted by Crippen LogP contribution is 2.10. The smallest absolute Gasteiger partial charge is 0.113 e. The average molecular weight is 173 g/mol. The maximum absolute atomic E-state index is 12.6. The van der Waals surface area contributed by atoms with Crippen LogP contribution in [0.4, 0.5) is 4.39 Å². The summed E-state index contributed by atoms with van der Waals surface area (Å²) in [6, 6.07) is 2.02. The fourth-order valence-electron chi connectivity index (χ4n) is 0.876. The zero-order valence-electron chi connectivity index (χ0n) is 6.29. The molecule has 11 heavy (non-hydrogen) atoms. The Morgan fingerprint density at radius 3 is 3.00 bits per heavy atom. The monoisotopic (exact) mass is 173 g/mol. The van der Waals surface area contributed by atoms with Gasteiger partial charge in [0.05, 0.1) is 0 Å². The van der Waals surface area contributed by atoms with Gasteiger partial charge in [-0.05, 0) is 35.2 Å². The summed E-state index contributed by atoms with van der Waals surface area (Å²) in [7, 11) is 0. The van der Waals surface area contributed by atoms with Crippen molar-refractivity contribution in [1.82, 2.24) is 0 Å². The van der Waals surface area contributed by atoms with Gasteiger partial charge in [-0.3, -0.25) is 0 Å². The third-order valence-corrected chi connectivity index (χ3v) is 2.31. The molecule has 3 heteroatoms. The normalized spacial score (nSPS) is 13.3. The molecule has 0 radical (unpaired) electrons. The molecule has 0 spiro atoms. The van der Waals surface area contributed by atoms with Crippen LogP contribution in [0.25, 0.3) is 0 Å². The van der Waals surface area contributed by atoms with Crippen LogP contribution >= 0.6 is 11.3 Å². The fraction of sp³-hybridized carbons (Fsp3) is 0.500. The van der Waals surface area contributed by atoms with Crippen molar-refractivity contribution in [3.05, 3.63) is 22.4 Å². The molecule has 1 aromatic rings. The first-order valence-electron chi connectivity index (χ1n) is 3.68. The molecule has 0 aliphatic carbocycles. The van der Waals surface area contributed by atoms with Gasteiger partial charge in [0.1, 0.15) is 6.17 Å². The van der Waals surface area contributed by atoms with Crippen LogP contribution in [-0.4, -0.2) is 12.7 Å². The second kappa shape index (κ2) is 4.46. The quantitative estimate of drug-likeness (QED) is 0.740. The van der Waals surface area contributed by atoms with Crippen molar-refractivity contribution in [2.45, 2.75) is 19.0 Å². The van der Waals surface area contributed by atoms with E-state index in [4.69, 9.17) is 5.73 Å². The van der Waals surface area contributed by atoms with E-state index in [1.807, 2.05) is 16.8 Å². The number of rotatable bonds is 4. The van der Waals surface area contributed by atoms with E-state index in [0.717, 1.165) is 6.42 Å². The lowest BCUT2D eigenvalue weighted by molar-refractivity contribution is 0.323. The standard InChI is InChI=1S/C8H12FNS/c9-8(5-10)2-1-7-3-4-11-6-7/h3-4,6,8H,1-2,5,10H2. The summed E-state index contributed by atoms with van der Waals surface area (Å²) in [4.78, 5) is 0. The summed E-state index contributed by atoms with van der Waals surface area (Å²) < 4.78 is 12.6.